The quantitative estimate of drug-likeness (QED) is 0.507. The number of carbonyl (C=O) groups excluding carboxylic acids is 2. The fourth-order valence-electron chi connectivity index (χ4n) is 3.08. The first-order valence-corrected chi connectivity index (χ1v) is 10.5. The third kappa shape index (κ3) is 7.59. The van der Waals surface area contributed by atoms with Crippen molar-refractivity contribution in [3.8, 4) is 0 Å². The Morgan fingerprint density at radius 2 is 2.00 bits per heavy atom. The molecule has 0 saturated carbocycles. The van der Waals surface area contributed by atoms with Crippen LogP contribution in [-0.2, 0) is 29.7 Å². The van der Waals surface area contributed by atoms with Crippen molar-refractivity contribution in [1.29, 1.82) is 0 Å². The molecule has 0 aliphatic carbocycles. The van der Waals surface area contributed by atoms with Crippen LogP contribution in [0.5, 0.6) is 0 Å². The van der Waals surface area contributed by atoms with Crippen molar-refractivity contribution in [3.05, 3.63) is 48.2 Å². The summed E-state index contributed by atoms with van der Waals surface area (Å²) in [5, 5.41) is 2.91. The van der Waals surface area contributed by atoms with Crippen molar-refractivity contribution in [1.82, 2.24) is 19.7 Å². The maximum atomic E-state index is 13.2. The maximum absolute atomic E-state index is 13.2. The van der Waals surface area contributed by atoms with E-state index in [-0.39, 0.29) is 18.5 Å². The molecule has 2 rings (SSSR count). The second-order valence-electron chi connectivity index (χ2n) is 7.29. The lowest BCUT2D eigenvalue weighted by atomic mass is 10.3. The highest BCUT2D eigenvalue weighted by Gasteiger charge is 2.22. The molecule has 0 aliphatic heterocycles. The van der Waals surface area contributed by atoms with Crippen LogP contribution in [0.15, 0.2) is 41.1 Å². The Bertz CT molecular complexity index is 757. The van der Waals surface area contributed by atoms with Gasteiger partial charge < -0.3 is 28.8 Å². The molecular weight excluding hydrogens is 384 g/mol. The van der Waals surface area contributed by atoms with Crippen LogP contribution in [0.25, 0.3) is 0 Å². The summed E-state index contributed by atoms with van der Waals surface area (Å²) in [6, 6.07) is 7.36. The molecule has 0 fully saturated rings. The summed E-state index contributed by atoms with van der Waals surface area (Å²) in [4.78, 5) is 29.1. The molecule has 0 aliphatic rings. The average molecular weight is 419 g/mol. The number of methoxy groups -OCH3 is 1. The summed E-state index contributed by atoms with van der Waals surface area (Å²) in [6.07, 6.45) is 6.11. The SMILES string of the molecule is CCCCNC(=O)N(CCCOC)CC(=O)N(Cc1ccco1)Cc1cccn1C. The van der Waals surface area contributed by atoms with E-state index in [0.717, 1.165) is 18.5 Å². The summed E-state index contributed by atoms with van der Waals surface area (Å²) in [7, 11) is 3.57. The van der Waals surface area contributed by atoms with Gasteiger partial charge in [0.2, 0.25) is 5.91 Å². The third-order valence-corrected chi connectivity index (χ3v) is 4.88. The summed E-state index contributed by atoms with van der Waals surface area (Å²) in [5.74, 6) is 0.576. The van der Waals surface area contributed by atoms with Gasteiger partial charge >= 0.3 is 6.03 Å². The molecule has 2 aromatic rings. The predicted molar refractivity (Wildman–Crippen MR) is 115 cm³/mol. The Morgan fingerprint density at radius 3 is 2.63 bits per heavy atom. The Kier molecular flexibility index (Phi) is 10.00. The van der Waals surface area contributed by atoms with E-state index in [9.17, 15) is 9.59 Å². The van der Waals surface area contributed by atoms with E-state index in [4.69, 9.17) is 9.15 Å². The van der Waals surface area contributed by atoms with Gasteiger partial charge in [-0.1, -0.05) is 13.3 Å². The second-order valence-corrected chi connectivity index (χ2v) is 7.29. The summed E-state index contributed by atoms with van der Waals surface area (Å²) in [5.41, 5.74) is 1.01. The smallest absolute Gasteiger partial charge is 0.317 e. The number of hydrogen-bond donors (Lipinski definition) is 1. The number of carbonyl (C=O) groups is 2. The van der Waals surface area contributed by atoms with Crippen LogP contribution in [0.4, 0.5) is 4.79 Å². The minimum atomic E-state index is -0.218. The molecule has 30 heavy (non-hydrogen) atoms. The number of hydrogen-bond acceptors (Lipinski definition) is 4. The van der Waals surface area contributed by atoms with E-state index in [0.29, 0.717) is 45.0 Å². The van der Waals surface area contributed by atoms with Crippen molar-refractivity contribution >= 4 is 11.9 Å². The van der Waals surface area contributed by atoms with Crippen LogP contribution < -0.4 is 5.32 Å². The van der Waals surface area contributed by atoms with Crippen molar-refractivity contribution in [3.63, 3.8) is 0 Å². The first kappa shape index (κ1) is 23.5. The number of furan rings is 1. The molecule has 2 aromatic heterocycles. The normalized spacial score (nSPS) is 10.8. The van der Waals surface area contributed by atoms with E-state index in [1.54, 1.807) is 29.2 Å². The van der Waals surface area contributed by atoms with Crippen LogP contribution in [0, 0.1) is 0 Å². The van der Waals surface area contributed by atoms with Crippen LogP contribution in [-0.4, -0.2) is 59.7 Å². The number of nitrogens with zero attached hydrogens (tertiary/aromatic N) is 3. The molecule has 0 atom stereocenters. The van der Waals surface area contributed by atoms with Gasteiger partial charge in [0.05, 0.1) is 19.4 Å². The molecule has 0 aromatic carbocycles. The Balaban J connectivity index is 2.08. The number of aryl methyl sites for hydroxylation is 1. The Morgan fingerprint density at radius 1 is 1.17 bits per heavy atom. The Labute approximate surface area is 178 Å². The van der Waals surface area contributed by atoms with Crippen molar-refractivity contribution in [2.45, 2.75) is 39.3 Å². The average Bonchev–Trinajstić information content (AvgIpc) is 3.39. The number of urea groups is 1. The first-order valence-electron chi connectivity index (χ1n) is 10.5. The lowest BCUT2D eigenvalue weighted by Crippen LogP contribution is -2.47. The zero-order valence-corrected chi connectivity index (χ0v) is 18.3. The van der Waals surface area contributed by atoms with Crippen molar-refractivity contribution < 1.29 is 18.7 Å². The summed E-state index contributed by atoms with van der Waals surface area (Å²) < 4.78 is 12.5. The van der Waals surface area contributed by atoms with Gasteiger partial charge in [-0.15, -0.1) is 0 Å². The van der Waals surface area contributed by atoms with E-state index in [1.165, 1.54) is 0 Å². The zero-order valence-electron chi connectivity index (χ0n) is 18.3. The van der Waals surface area contributed by atoms with E-state index >= 15 is 0 Å². The Hall–Kier alpha value is -2.74. The monoisotopic (exact) mass is 418 g/mol. The fourth-order valence-corrected chi connectivity index (χ4v) is 3.08. The van der Waals surface area contributed by atoms with Crippen molar-refractivity contribution in [2.24, 2.45) is 7.05 Å². The summed E-state index contributed by atoms with van der Waals surface area (Å²) in [6.45, 7) is 4.45. The number of rotatable bonds is 13. The molecule has 0 bridgehead atoms. The fraction of sp³-hybridized carbons (Fsp3) is 0.545. The maximum Gasteiger partial charge on any atom is 0.317 e. The second kappa shape index (κ2) is 12.7. The molecule has 8 nitrogen and oxygen atoms in total. The van der Waals surface area contributed by atoms with Gasteiger partial charge in [0.25, 0.3) is 0 Å². The molecule has 0 saturated heterocycles. The van der Waals surface area contributed by atoms with Crippen LogP contribution in [0.2, 0.25) is 0 Å². The predicted octanol–water partition coefficient (Wildman–Crippen LogP) is 3.00. The number of amides is 3. The highest BCUT2D eigenvalue weighted by Crippen LogP contribution is 2.12. The minimum Gasteiger partial charge on any atom is -0.467 e. The van der Waals surface area contributed by atoms with Crippen LogP contribution in [0.1, 0.15) is 37.6 Å². The van der Waals surface area contributed by atoms with Gasteiger partial charge in [0.1, 0.15) is 12.3 Å². The van der Waals surface area contributed by atoms with Gasteiger partial charge in [-0.05, 0) is 37.1 Å². The van der Waals surface area contributed by atoms with E-state index < -0.39 is 0 Å². The first-order chi connectivity index (χ1) is 14.5. The molecule has 0 unspecified atom stereocenters. The van der Waals surface area contributed by atoms with Crippen LogP contribution in [0.3, 0.4) is 0 Å². The summed E-state index contributed by atoms with van der Waals surface area (Å²) >= 11 is 0. The minimum absolute atomic E-state index is 0.00675. The largest absolute Gasteiger partial charge is 0.467 e. The standard InChI is InChI=1S/C22H34N4O4/c1-4-5-11-23-22(28)25(13-8-14-29-3)18-21(27)26(17-20-10-7-15-30-20)16-19-9-6-12-24(19)2/h6-7,9-10,12,15H,4-5,8,11,13-14,16-18H2,1-3H3,(H,23,28). The number of ether oxygens (including phenoxy) is 1. The van der Waals surface area contributed by atoms with Crippen molar-refractivity contribution in [2.75, 3.05) is 33.4 Å². The van der Waals surface area contributed by atoms with E-state index in [2.05, 4.69) is 12.2 Å². The lowest BCUT2D eigenvalue weighted by molar-refractivity contribution is -0.133. The molecule has 1 N–H and O–H groups in total. The molecule has 0 spiro atoms. The third-order valence-electron chi connectivity index (χ3n) is 4.88. The van der Waals surface area contributed by atoms with Gasteiger partial charge in [-0.3, -0.25) is 4.79 Å². The molecule has 8 heteroatoms. The number of nitrogens with one attached hydrogen (secondary N) is 1. The van der Waals surface area contributed by atoms with Crippen LogP contribution >= 0.6 is 0 Å². The topological polar surface area (TPSA) is 80.0 Å². The highest BCUT2D eigenvalue weighted by molar-refractivity contribution is 5.84. The molecular formula is C22H34N4O4. The molecule has 3 amide bonds. The molecule has 0 radical (unpaired) electrons. The highest BCUT2D eigenvalue weighted by atomic mass is 16.5. The van der Waals surface area contributed by atoms with Gasteiger partial charge in [-0.2, -0.15) is 0 Å². The van der Waals surface area contributed by atoms with Gasteiger partial charge in [-0.25, -0.2) is 4.79 Å². The number of aromatic nitrogens is 1. The van der Waals surface area contributed by atoms with E-state index in [1.807, 2.05) is 36.0 Å². The zero-order chi connectivity index (χ0) is 21.8. The molecule has 166 valence electrons. The lowest BCUT2D eigenvalue weighted by Gasteiger charge is -2.27. The van der Waals surface area contributed by atoms with Gasteiger partial charge in [0.15, 0.2) is 0 Å². The van der Waals surface area contributed by atoms with Gasteiger partial charge in [0, 0.05) is 45.7 Å². The molecule has 2 heterocycles. The number of unbranched alkanes of at least 4 members (excludes halogenated alkanes) is 1.